The Morgan fingerprint density at radius 3 is 2.41 bits per heavy atom. The second kappa shape index (κ2) is 10.6. The summed E-state index contributed by atoms with van der Waals surface area (Å²) in [4.78, 5) is 32.8. The van der Waals surface area contributed by atoms with Gasteiger partial charge in [-0.05, 0) is 62.4 Å². The maximum Gasteiger partial charge on any atom is 0.316 e. The normalized spacial score (nSPS) is 12.5. The molecule has 0 amide bonds. The van der Waals surface area contributed by atoms with E-state index in [1.807, 2.05) is 18.2 Å². The molecule has 8 heteroatoms. The van der Waals surface area contributed by atoms with E-state index in [1.54, 1.807) is 13.8 Å². The van der Waals surface area contributed by atoms with Crippen LogP contribution in [-0.4, -0.2) is 46.6 Å². The Morgan fingerprint density at radius 2 is 1.69 bits per heavy atom. The van der Waals surface area contributed by atoms with Gasteiger partial charge in [-0.25, -0.2) is 9.97 Å². The number of nitrogens with zero attached hydrogens (tertiary/aromatic N) is 2. The molecular weight excluding hydrogens is 408 g/mol. The van der Waals surface area contributed by atoms with E-state index in [9.17, 15) is 9.59 Å². The third-order valence-electron chi connectivity index (χ3n) is 4.31. The molecule has 0 spiro atoms. The molecule has 2 aromatic rings. The van der Waals surface area contributed by atoms with Gasteiger partial charge in [-0.15, -0.1) is 0 Å². The highest BCUT2D eigenvalue weighted by molar-refractivity contribution is 8.00. The van der Waals surface area contributed by atoms with Crippen molar-refractivity contribution in [3.63, 3.8) is 0 Å². The highest BCUT2D eigenvalue weighted by Crippen LogP contribution is 2.34. The van der Waals surface area contributed by atoms with Crippen molar-refractivity contribution in [2.45, 2.75) is 43.2 Å². The molecule has 29 heavy (non-hydrogen) atoms. The molecule has 0 aliphatic heterocycles. The zero-order valence-corrected chi connectivity index (χ0v) is 18.2. The van der Waals surface area contributed by atoms with Crippen LogP contribution in [0.1, 0.15) is 31.4 Å². The number of fused-ring (bicyclic) bond motifs is 1. The van der Waals surface area contributed by atoms with Gasteiger partial charge in [0, 0.05) is 0 Å². The number of hydrogen-bond acceptors (Lipinski definition) is 8. The van der Waals surface area contributed by atoms with E-state index >= 15 is 0 Å². The van der Waals surface area contributed by atoms with Crippen molar-refractivity contribution < 1.29 is 19.1 Å². The van der Waals surface area contributed by atoms with Gasteiger partial charge in [-0.2, -0.15) is 0 Å². The Morgan fingerprint density at radius 1 is 0.966 bits per heavy atom. The molecule has 0 N–H and O–H groups in total. The first-order valence-electron chi connectivity index (χ1n) is 9.67. The third-order valence-corrected chi connectivity index (χ3v) is 6.21. The van der Waals surface area contributed by atoms with Crippen molar-refractivity contribution in [3.05, 3.63) is 35.4 Å². The van der Waals surface area contributed by atoms with Crippen LogP contribution in [0.2, 0.25) is 0 Å². The fraction of sp³-hybridized carbons (Fsp3) is 0.429. The third kappa shape index (κ3) is 5.96. The maximum absolute atomic E-state index is 11.8. The predicted molar refractivity (Wildman–Crippen MR) is 114 cm³/mol. The summed E-state index contributed by atoms with van der Waals surface area (Å²) < 4.78 is 10.0. The largest absolute Gasteiger partial charge is 0.465 e. The number of esters is 2. The van der Waals surface area contributed by atoms with E-state index in [-0.39, 0.29) is 23.4 Å². The predicted octanol–water partition coefficient (Wildman–Crippen LogP) is 3.94. The summed E-state index contributed by atoms with van der Waals surface area (Å²) in [5.41, 5.74) is 4.05. The van der Waals surface area contributed by atoms with Crippen LogP contribution in [0.25, 0.3) is 11.4 Å². The lowest BCUT2D eigenvalue weighted by atomic mass is 10.1. The Balaban J connectivity index is 1.80. The molecule has 2 heterocycles. The minimum atomic E-state index is -0.252. The summed E-state index contributed by atoms with van der Waals surface area (Å²) >= 11 is 2.77. The smallest absolute Gasteiger partial charge is 0.316 e. The molecule has 0 aromatic carbocycles. The van der Waals surface area contributed by atoms with E-state index in [2.05, 4.69) is 11.1 Å². The molecule has 0 unspecified atom stereocenters. The number of ether oxygens (including phenoxy) is 2. The minimum absolute atomic E-state index is 0.225. The van der Waals surface area contributed by atoms with Gasteiger partial charge in [-0.1, -0.05) is 29.6 Å². The number of aryl methyl sites for hydroxylation is 1. The molecule has 0 atom stereocenters. The zero-order valence-electron chi connectivity index (χ0n) is 16.6. The van der Waals surface area contributed by atoms with Gasteiger partial charge < -0.3 is 9.47 Å². The van der Waals surface area contributed by atoms with Gasteiger partial charge in [0.15, 0.2) is 0 Å². The summed E-state index contributed by atoms with van der Waals surface area (Å²) in [6.45, 7) is 4.35. The molecule has 0 saturated heterocycles. The van der Waals surface area contributed by atoms with Crippen molar-refractivity contribution in [2.24, 2.45) is 0 Å². The van der Waals surface area contributed by atoms with E-state index < -0.39 is 0 Å². The molecule has 154 valence electrons. The quantitative estimate of drug-likeness (QED) is 0.435. The molecule has 0 saturated carbocycles. The molecular formula is C21H24N2O4S2. The second-order valence-corrected chi connectivity index (χ2v) is 8.31. The van der Waals surface area contributed by atoms with Crippen molar-refractivity contribution >= 4 is 35.5 Å². The molecule has 1 aliphatic rings. The zero-order chi connectivity index (χ0) is 20.6. The number of hydrogen-bond donors (Lipinski definition) is 0. The van der Waals surface area contributed by atoms with Crippen LogP contribution in [0, 0.1) is 0 Å². The highest BCUT2D eigenvalue weighted by atomic mass is 32.2. The van der Waals surface area contributed by atoms with Crippen LogP contribution in [0.15, 0.2) is 34.3 Å². The molecule has 3 rings (SSSR count). The van der Waals surface area contributed by atoms with Gasteiger partial charge in [0.2, 0.25) is 0 Å². The van der Waals surface area contributed by atoms with Gasteiger partial charge in [0.25, 0.3) is 0 Å². The van der Waals surface area contributed by atoms with Gasteiger partial charge in [0.05, 0.1) is 41.1 Å². The Labute approximate surface area is 179 Å². The van der Waals surface area contributed by atoms with Crippen molar-refractivity contribution in [2.75, 3.05) is 24.7 Å². The lowest BCUT2D eigenvalue weighted by Gasteiger charge is -2.11. The summed E-state index contributed by atoms with van der Waals surface area (Å²) in [5.74, 6) is -0.00718. The van der Waals surface area contributed by atoms with Crippen LogP contribution in [0.5, 0.6) is 0 Å². The number of rotatable bonds is 9. The first kappa shape index (κ1) is 21.6. The van der Waals surface area contributed by atoms with E-state index in [1.165, 1.54) is 34.7 Å². The summed E-state index contributed by atoms with van der Waals surface area (Å²) in [6.07, 6.45) is 3.09. The molecule has 1 aliphatic carbocycles. The Hall–Kier alpha value is -2.06. The van der Waals surface area contributed by atoms with Crippen LogP contribution < -0.4 is 0 Å². The number of thioether (sulfide) groups is 2. The number of carbonyl (C=O) groups excluding carboxylic acids is 2. The van der Waals surface area contributed by atoms with Crippen molar-refractivity contribution in [1.29, 1.82) is 0 Å². The van der Waals surface area contributed by atoms with E-state index in [0.717, 1.165) is 40.7 Å². The monoisotopic (exact) mass is 432 g/mol. The maximum atomic E-state index is 11.8. The first-order valence-corrected chi connectivity index (χ1v) is 11.6. The van der Waals surface area contributed by atoms with Crippen molar-refractivity contribution in [3.8, 4) is 11.4 Å². The highest BCUT2D eigenvalue weighted by Gasteiger charge is 2.20. The van der Waals surface area contributed by atoms with Crippen LogP contribution in [0.4, 0.5) is 0 Å². The lowest BCUT2D eigenvalue weighted by molar-refractivity contribution is -0.140. The molecule has 6 nitrogen and oxygen atoms in total. The standard InChI is InChI=1S/C21H24N2O4S2/c1-3-26-19(24)12-28-18-10-6-9-16(22-18)17-11-14-7-5-8-15(14)21(23-17)29-13-20(25)27-4-2/h6,9-11H,3-5,7-8,12-13H2,1-2H3. The summed E-state index contributed by atoms with van der Waals surface area (Å²) in [7, 11) is 0. The minimum Gasteiger partial charge on any atom is -0.465 e. The van der Waals surface area contributed by atoms with Gasteiger partial charge >= 0.3 is 11.9 Å². The van der Waals surface area contributed by atoms with Crippen LogP contribution in [0.3, 0.4) is 0 Å². The Bertz CT molecular complexity index is 889. The number of pyridine rings is 2. The van der Waals surface area contributed by atoms with Crippen LogP contribution in [-0.2, 0) is 31.9 Å². The molecule has 0 radical (unpaired) electrons. The second-order valence-electron chi connectivity index (χ2n) is 6.35. The van der Waals surface area contributed by atoms with E-state index in [0.29, 0.717) is 13.2 Å². The fourth-order valence-electron chi connectivity index (χ4n) is 3.10. The lowest BCUT2D eigenvalue weighted by Crippen LogP contribution is -2.07. The van der Waals surface area contributed by atoms with Gasteiger partial charge in [0.1, 0.15) is 5.03 Å². The average Bonchev–Trinajstić information content (AvgIpc) is 3.20. The van der Waals surface area contributed by atoms with Gasteiger partial charge in [-0.3, -0.25) is 9.59 Å². The van der Waals surface area contributed by atoms with Crippen LogP contribution >= 0.6 is 23.5 Å². The molecule has 2 aromatic heterocycles. The summed E-state index contributed by atoms with van der Waals surface area (Å²) in [6, 6.07) is 7.80. The first-order chi connectivity index (χ1) is 14.1. The fourth-order valence-corrected chi connectivity index (χ4v) is 4.69. The Kier molecular flexibility index (Phi) is 7.94. The average molecular weight is 433 g/mol. The van der Waals surface area contributed by atoms with E-state index in [4.69, 9.17) is 14.5 Å². The topological polar surface area (TPSA) is 78.4 Å². The summed E-state index contributed by atoms with van der Waals surface area (Å²) in [5, 5.41) is 1.63. The van der Waals surface area contributed by atoms with Crippen molar-refractivity contribution in [1.82, 2.24) is 9.97 Å². The molecule has 0 fully saturated rings. The number of carbonyl (C=O) groups is 2. The SMILES string of the molecule is CCOC(=O)CSc1cccc(-c2cc3c(c(SCC(=O)OCC)n2)CCC3)n1. The number of aromatic nitrogens is 2. The molecule has 0 bridgehead atoms.